The fourth-order valence-corrected chi connectivity index (χ4v) is 2.32. The lowest BCUT2D eigenvalue weighted by Crippen LogP contribution is -2.20. The standard InChI is InChI=1S/C17H16N2O4/c1-22-13-3-5-14(6-4-13)23-10-17(21)18-12-2-7-15-11(8-12)9-16(20)19-15/h2-8H,9-10H2,1H3,(H,18,21)(H,19,20). The second-order valence-corrected chi connectivity index (χ2v) is 5.11. The Morgan fingerprint density at radius 3 is 2.65 bits per heavy atom. The average Bonchev–Trinajstić information content (AvgIpc) is 2.92. The largest absolute Gasteiger partial charge is 0.497 e. The van der Waals surface area contributed by atoms with Crippen molar-refractivity contribution in [2.45, 2.75) is 6.42 Å². The minimum Gasteiger partial charge on any atom is -0.497 e. The van der Waals surface area contributed by atoms with E-state index >= 15 is 0 Å². The van der Waals surface area contributed by atoms with Gasteiger partial charge in [-0.1, -0.05) is 0 Å². The molecule has 2 aromatic rings. The molecule has 0 spiro atoms. The molecule has 1 aliphatic heterocycles. The van der Waals surface area contributed by atoms with Crippen LogP contribution in [-0.4, -0.2) is 25.5 Å². The van der Waals surface area contributed by atoms with Crippen molar-refractivity contribution >= 4 is 23.2 Å². The van der Waals surface area contributed by atoms with Gasteiger partial charge in [0.2, 0.25) is 5.91 Å². The summed E-state index contributed by atoms with van der Waals surface area (Å²) in [7, 11) is 1.59. The summed E-state index contributed by atoms with van der Waals surface area (Å²) in [6.45, 7) is -0.0966. The molecule has 2 aromatic carbocycles. The highest BCUT2D eigenvalue weighted by molar-refractivity contribution is 6.00. The molecule has 3 rings (SSSR count). The lowest BCUT2D eigenvalue weighted by atomic mass is 10.1. The molecule has 0 bridgehead atoms. The van der Waals surface area contributed by atoms with Crippen LogP contribution in [0.2, 0.25) is 0 Å². The molecule has 6 nitrogen and oxygen atoms in total. The van der Waals surface area contributed by atoms with E-state index in [1.165, 1.54) is 0 Å². The van der Waals surface area contributed by atoms with Crippen LogP contribution in [0.1, 0.15) is 5.56 Å². The smallest absolute Gasteiger partial charge is 0.262 e. The van der Waals surface area contributed by atoms with Crippen molar-refractivity contribution < 1.29 is 19.1 Å². The predicted molar refractivity (Wildman–Crippen MR) is 85.9 cm³/mol. The van der Waals surface area contributed by atoms with Crippen molar-refractivity contribution in [3.8, 4) is 11.5 Å². The number of hydrogen-bond donors (Lipinski definition) is 2. The zero-order chi connectivity index (χ0) is 16.2. The van der Waals surface area contributed by atoms with Gasteiger partial charge >= 0.3 is 0 Å². The van der Waals surface area contributed by atoms with E-state index in [2.05, 4.69) is 10.6 Å². The van der Waals surface area contributed by atoms with Crippen LogP contribution in [-0.2, 0) is 16.0 Å². The maximum Gasteiger partial charge on any atom is 0.262 e. The highest BCUT2D eigenvalue weighted by Gasteiger charge is 2.17. The Kier molecular flexibility index (Phi) is 4.14. The molecule has 0 saturated carbocycles. The second-order valence-electron chi connectivity index (χ2n) is 5.11. The van der Waals surface area contributed by atoms with Crippen LogP contribution in [0.5, 0.6) is 11.5 Å². The van der Waals surface area contributed by atoms with Gasteiger partial charge in [0.15, 0.2) is 6.61 Å². The third-order valence-corrected chi connectivity index (χ3v) is 3.44. The second kappa shape index (κ2) is 6.39. The van der Waals surface area contributed by atoms with Crippen LogP contribution < -0.4 is 20.1 Å². The lowest BCUT2D eigenvalue weighted by Gasteiger charge is -2.09. The summed E-state index contributed by atoms with van der Waals surface area (Å²) in [4.78, 5) is 23.2. The molecule has 0 atom stereocenters. The van der Waals surface area contributed by atoms with Gasteiger partial charge < -0.3 is 20.1 Å². The van der Waals surface area contributed by atoms with Crippen LogP contribution in [0.4, 0.5) is 11.4 Å². The summed E-state index contributed by atoms with van der Waals surface area (Å²) >= 11 is 0. The first kappa shape index (κ1) is 14.9. The Morgan fingerprint density at radius 1 is 1.17 bits per heavy atom. The van der Waals surface area contributed by atoms with E-state index < -0.39 is 0 Å². The zero-order valence-electron chi connectivity index (χ0n) is 12.6. The number of benzene rings is 2. The van der Waals surface area contributed by atoms with Crippen LogP contribution in [0.3, 0.4) is 0 Å². The number of ether oxygens (including phenoxy) is 2. The predicted octanol–water partition coefficient (Wildman–Crippen LogP) is 2.21. The molecule has 1 aliphatic rings. The molecule has 0 aliphatic carbocycles. The molecular weight excluding hydrogens is 296 g/mol. The minimum atomic E-state index is -0.266. The molecular formula is C17H16N2O4. The highest BCUT2D eigenvalue weighted by Crippen LogP contribution is 2.26. The first-order valence-electron chi connectivity index (χ1n) is 7.13. The number of carbonyl (C=O) groups is 2. The van der Waals surface area contributed by atoms with Gasteiger partial charge in [-0.3, -0.25) is 9.59 Å². The van der Waals surface area contributed by atoms with E-state index in [4.69, 9.17) is 9.47 Å². The number of hydrogen-bond acceptors (Lipinski definition) is 4. The molecule has 6 heteroatoms. The molecule has 2 N–H and O–H groups in total. The van der Waals surface area contributed by atoms with Crippen molar-refractivity contribution in [2.75, 3.05) is 24.4 Å². The van der Waals surface area contributed by atoms with E-state index in [0.717, 1.165) is 17.0 Å². The van der Waals surface area contributed by atoms with Crippen molar-refractivity contribution in [2.24, 2.45) is 0 Å². The van der Waals surface area contributed by atoms with Gasteiger partial charge in [0.05, 0.1) is 13.5 Å². The van der Waals surface area contributed by atoms with Gasteiger partial charge in [0, 0.05) is 11.4 Å². The van der Waals surface area contributed by atoms with Gasteiger partial charge in [0.1, 0.15) is 11.5 Å². The van der Waals surface area contributed by atoms with Gasteiger partial charge in [-0.05, 0) is 48.0 Å². The summed E-state index contributed by atoms with van der Waals surface area (Å²) in [6, 6.07) is 12.3. The first-order valence-corrected chi connectivity index (χ1v) is 7.13. The maximum atomic E-state index is 11.9. The fourth-order valence-electron chi connectivity index (χ4n) is 2.32. The topological polar surface area (TPSA) is 76.7 Å². The monoisotopic (exact) mass is 312 g/mol. The first-order chi connectivity index (χ1) is 11.1. The zero-order valence-corrected chi connectivity index (χ0v) is 12.6. The minimum absolute atomic E-state index is 0.0358. The van der Waals surface area contributed by atoms with Gasteiger partial charge in [-0.15, -0.1) is 0 Å². The van der Waals surface area contributed by atoms with E-state index in [1.54, 1.807) is 49.6 Å². The lowest BCUT2D eigenvalue weighted by molar-refractivity contribution is -0.118. The van der Waals surface area contributed by atoms with E-state index in [9.17, 15) is 9.59 Å². The van der Waals surface area contributed by atoms with Crippen LogP contribution >= 0.6 is 0 Å². The Labute approximate surface area is 133 Å². The number of anilines is 2. The van der Waals surface area contributed by atoms with Crippen molar-refractivity contribution in [1.29, 1.82) is 0 Å². The summed E-state index contributed by atoms with van der Waals surface area (Å²) in [5.74, 6) is 1.01. The number of carbonyl (C=O) groups excluding carboxylic acids is 2. The van der Waals surface area contributed by atoms with Crippen molar-refractivity contribution in [3.05, 3.63) is 48.0 Å². The molecule has 0 radical (unpaired) electrons. The molecule has 23 heavy (non-hydrogen) atoms. The molecule has 0 fully saturated rings. The summed E-state index contributed by atoms with van der Waals surface area (Å²) in [6.07, 6.45) is 0.335. The molecule has 0 unspecified atom stereocenters. The Balaban J connectivity index is 1.55. The van der Waals surface area contributed by atoms with E-state index in [0.29, 0.717) is 17.9 Å². The summed E-state index contributed by atoms with van der Waals surface area (Å²) in [5, 5.41) is 5.50. The highest BCUT2D eigenvalue weighted by atomic mass is 16.5. The molecule has 2 amide bonds. The maximum absolute atomic E-state index is 11.9. The molecule has 118 valence electrons. The fraction of sp³-hybridized carbons (Fsp3) is 0.176. The average molecular weight is 312 g/mol. The number of methoxy groups -OCH3 is 1. The summed E-state index contributed by atoms with van der Waals surface area (Å²) in [5.41, 5.74) is 2.31. The Morgan fingerprint density at radius 2 is 1.91 bits per heavy atom. The molecule has 1 heterocycles. The molecule has 0 saturated heterocycles. The van der Waals surface area contributed by atoms with Crippen LogP contribution in [0.25, 0.3) is 0 Å². The third kappa shape index (κ3) is 3.60. The quantitative estimate of drug-likeness (QED) is 0.887. The molecule has 0 aromatic heterocycles. The summed E-state index contributed by atoms with van der Waals surface area (Å²) < 4.78 is 10.5. The van der Waals surface area contributed by atoms with Gasteiger partial charge in [-0.2, -0.15) is 0 Å². The SMILES string of the molecule is COc1ccc(OCC(=O)Nc2ccc3c(c2)CC(=O)N3)cc1. The number of fused-ring (bicyclic) bond motifs is 1. The Bertz CT molecular complexity index is 741. The van der Waals surface area contributed by atoms with Crippen LogP contribution in [0.15, 0.2) is 42.5 Å². The van der Waals surface area contributed by atoms with Gasteiger partial charge in [0.25, 0.3) is 5.91 Å². The van der Waals surface area contributed by atoms with Crippen LogP contribution in [0, 0.1) is 0 Å². The van der Waals surface area contributed by atoms with Gasteiger partial charge in [-0.25, -0.2) is 0 Å². The third-order valence-electron chi connectivity index (χ3n) is 3.44. The van der Waals surface area contributed by atoms with Crippen molar-refractivity contribution in [1.82, 2.24) is 0 Å². The van der Waals surface area contributed by atoms with Crippen molar-refractivity contribution in [3.63, 3.8) is 0 Å². The number of amides is 2. The normalized spacial score (nSPS) is 12.3. The van der Waals surface area contributed by atoms with E-state index in [1.807, 2.05) is 0 Å². The Hall–Kier alpha value is -3.02. The number of nitrogens with one attached hydrogen (secondary N) is 2. The number of rotatable bonds is 5. The van der Waals surface area contributed by atoms with E-state index in [-0.39, 0.29) is 18.4 Å².